The number of phenolic OH excluding ortho intramolecular Hbond substituents is 1. The maximum Gasteiger partial charge on any atom is 0.172 e. The van der Waals surface area contributed by atoms with Gasteiger partial charge in [-0.2, -0.15) is 0 Å². The van der Waals surface area contributed by atoms with E-state index in [1.165, 1.54) is 11.1 Å². The van der Waals surface area contributed by atoms with E-state index in [1.807, 2.05) is 12.1 Å². The molecule has 0 saturated carbocycles. The third-order valence-electron chi connectivity index (χ3n) is 3.46. The first-order chi connectivity index (χ1) is 10.0. The van der Waals surface area contributed by atoms with E-state index in [0.29, 0.717) is 16.8 Å². The first-order valence-electron chi connectivity index (χ1n) is 6.86. The summed E-state index contributed by atoms with van der Waals surface area (Å²) in [6.07, 6.45) is 0. The first-order valence-corrected chi connectivity index (χ1v) is 7.66. The summed E-state index contributed by atoms with van der Waals surface area (Å²) in [7, 11) is 1.55. The van der Waals surface area contributed by atoms with Gasteiger partial charge in [0.05, 0.1) is 11.6 Å². The van der Waals surface area contributed by atoms with Crippen LogP contribution in [0.3, 0.4) is 0 Å². The van der Waals surface area contributed by atoms with Gasteiger partial charge in [0.1, 0.15) is 0 Å². The Bertz CT molecular complexity index is 628. The van der Waals surface area contributed by atoms with Crippen LogP contribution in [0.1, 0.15) is 29.7 Å². The van der Waals surface area contributed by atoms with Crippen LogP contribution in [-0.2, 0) is 6.54 Å². The monoisotopic (exact) mass is 349 g/mol. The van der Waals surface area contributed by atoms with Crippen LogP contribution < -0.4 is 10.1 Å². The zero-order valence-electron chi connectivity index (χ0n) is 12.5. The van der Waals surface area contributed by atoms with Gasteiger partial charge in [0, 0.05) is 12.6 Å². The number of hydrogen-bond donors (Lipinski definition) is 2. The second kappa shape index (κ2) is 6.96. The van der Waals surface area contributed by atoms with E-state index in [0.717, 1.165) is 5.56 Å². The summed E-state index contributed by atoms with van der Waals surface area (Å²) in [4.78, 5) is 0. The lowest BCUT2D eigenvalue weighted by molar-refractivity contribution is 0.371. The summed E-state index contributed by atoms with van der Waals surface area (Å²) >= 11 is 3.34. The van der Waals surface area contributed by atoms with E-state index in [4.69, 9.17) is 4.74 Å². The van der Waals surface area contributed by atoms with Crippen molar-refractivity contribution in [2.45, 2.75) is 26.4 Å². The summed E-state index contributed by atoms with van der Waals surface area (Å²) in [6, 6.07) is 12.5. The molecule has 2 rings (SSSR count). The predicted molar refractivity (Wildman–Crippen MR) is 88.8 cm³/mol. The van der Waals surface area contributed by atoms with E-state index >= 15 is 0 Å². The Hall–Kier alpha value is -1.52. The average molecular weight is 350 g/mol. The van der Waals surface area contributed by atoms with Crippen LogP contribution in [0.25, 0.3) is 0 Å². The third-order valence-corrected chi connectivity index (χ3v) is 4.07. The van der Waals surface area contributed by atoms with Crippen LogP contribution in [0.2, 0.25) is 0 Å². The lowest BCUT2D eigenvalue weighted by Crippen LogP contribution is -2.18. The molecule has 0 aliphatic heterocycles. The highest BCUT2D eigenvalue weighted by Gasteiger charge is 2.10. The molecule has 112 valence electrons. The molecule has 0 amide bonds. The van der Waals surface area contributed by atoms with Gasteiger partial charge in [-0.15, -0.1) is 0 Å². The normalized spacial score (nSPS) is 12.2. The molecule has 0 fully saturated rings. The topological polar surface area (TPSA) is 41.5 Å². The van der Waals surface area contributed by atoms with Gasteiger partial charge in [-0.3, -0.25) is 0 Å². The number of nitrogens with one attached hydrogen (secondary N) is 1. The highest BCUT2D eigenvalue weighted by molar-refractivity contribution is 9.10. The van der Waals surface area contributed by atoms with Crippen LogP contribution in [-0.4, -0.2) is 12.2 Å². The van der Waals surface area contributed by atoms with Gasteiger partial charge in [-0.1, -0.05) is 29.8 Å². The van der Waals surface area contributed by atoms with Gasteiger partial charge in [-0.05, 0) is 53.0 Å². The van der Waals surface area contributed by atoms with Gasteiger partial charge in [0.15, 0.2) is 11.5 Å². The van der Waals surface area contributed by atoms with Crippen LogP contribution in [0, 0.1) is 6.92 Å². The Kier molecular flexibility index (Phi) is 5.26. The van der Waals surface area contributed by atoms with Crippen molar-refractivity contribution in [2.24, 2.45) is 0 Å². The number of halogens is 1. The van der Waals surface area contributed by atoms with E-state index in [9.17, 15) is 5.11 Å². The fraction of sp³-hybridized carbons (Fsp3) is 0.294. The number of hydrogen-bond acceptors (Lipinski definition) is 3. The number of ether oxygens (including phenoxy) is 1. The molecule has 4 heteroatoms. The molecule has 21 heavy (non-hydrogen) atoms. The van der Waals surface area contributed by atoms with E-state index in [-0.39, 0.29) is 11.8 Å². The molecular formula is C17H20BrNO2. The standard InChI is InChI=1S/C17H20BrNO2/c1-11-5-4-6-14(7-11)12(2)19-10-13-8-15(18)17(20)16(9-13)21-3/h4-9,12,19-20H,10H2,1-3H3/t12-/m1/s1. The minimum absolute atomic E-state index is 0.132. The summed E-state index contributed by atoms with van der Waals surface area (Å²) < 4.78 is 5.81. The summed E-state index contributed by atoms with van der Waals surface area (Å²) in [5.41, 5.74) is 3.58. The first kappa shape index (κ1) is 15.9. The molecule has 2 aromatic carbocycles. The van der Waals surface area contributed by atoms with E-state index in [2.05, 4.69) is 59.4 Å². The van der Waals surface area contributed by atoms with Crippen molar-refractivity contribution in [2.75, 3.05) is 7.11 Å². The molecule has 0 bridgehead atoms. The maximum absolute atomic E-state index is 9.82. The fourth-order valence-corrected chi connectivity index (χ4v) is 2.70. The number of phenols is 1. The Balaban J connectivity index is 2.08. The van der Waals surface area contributed by atoms with Crippen LogP contribution in [0.4, 0.5) is 0 Å². The SMILES string of the molecule is COc1cc(CN[C@H](C)c2cccc(C)c2)cc(Br)c1O. The van der Waals surface area contributed by atoms with Crippen molar-refractivity contribution in [3.63, 3.8) is 0 Å². The summed E-state index contributed by atoms with van der Waals surface area (Å²) in [5.74, 6) is 0.609. The highest BCUT2D eigenvalue weighted by Crippen LogP contribution is 2.35. The zero-order valence-corrected chi connectivity index (χ0v) is 14.1. The van der Waals surface area contributed by atoms with Crippen molar-refractivity contribution in [3.8, 4) is 11.5 Å². The number of rotatable bonds is 5. The van der Waals surface area contributed by atoms with Crippen molar-refractivity contribution < 1.29 is 9.84 Å². The number of aryl methyl sites for hydroxylation is 1. The second-order valence-corrected chi connectivity index (χ2v) is 6.00. The zero-order chi connectivity index (χ0) is 15.4. The van der Waals surface area contributed by atoms with Crippen LogP contribution in [0.5, 0.6) is 11.5 Å². The minimum atomic E-state index is 0.132. The van der Waals surface area contributed by atoms with Crippen LogP contribution in [0.15, 0.2) is 40.9 Å². The van der Waals surface area contributed by atoms with Crippen LogP contribution >= 0.6 is 15.9 Å². The Labute approximate surface area is 134 Å². The molecule has 2 N–H and O–H groups in total. The largest absolute Gasteiger partial charge is 0.503 e. The lowest BCUT2D eigenvalue weighted by atomic mass is 10.1. The number of methoxy groups -OCH3 is 1. The molecule has 0 radical (unpaired) electrons. The number of aromatic hydroxyl groups is 1. The van der Waals surface area contributed by atoms with Crippen molar-refractivity contribution in [1.29, 1.82) is 0 Å². The lowest BCUT2D eigenvalue weighted by Gasteiger charge is -2.16. The molecule has 1 atom stereocenters. The molecule has 0 aliphatic rings. The Morgan fingerprint density at radius 3 is 2.71 bits per heavy atom. The molecular weight excluding hydrogens is 330 g/mol. The smallest absolute Gasteiger partial charge is 0.172 e. The summed E-state index contributed by atoms with van der Waals surface area (Å²) in [5, 5.41) is 13.3. The fourth-order valence-electron chi connectivity index (χ4n) is 2.21. The Morgan fingerprint density at radius 1 is 1.29 bits per heavy atom. The van der Waals surface area contributed by atoms with Gasteiger partial charge >= 0.3 is 0 Å². The molecule has 0 aliphatic carbocycles. The van der Waals surface area contributed by atoms with Crippen molar-refractivity contribution >= 4 is 15.9 Å². The molecule has 0 spiro atoms. The van der Waals surface area contributed by atoms with Gasteiger partial charge in [0.2, 0.25) is 0 Å². The maximum atomic E-state index is 9.82. The molecule has 2 aromatic rings. The average Bonchev–Trinajstić information content (AvgIpc) is 2.48. The second-order valence-electron chi connectivity index (χ2n) is 5.15. The third kappa shape index (κ3) is 3.99. The molecule has 0 unspecified atom stereocenters. The van der Waals surface area contributed by atoms with Gasteiger partial charge < -0.3 is 15.2 Å². The van der Waals surface area contributed by atoms with E-state index < -0.39 is 0 Å². The molecule has 0 aromatic heterocycles. The van der Waals surface area contributed by atoms with Crippen molar-refractivity contribution in [3.05, 3.63) is 57.6 Å². The van der Waals surface area contributed by atoms with Gasteiger partial charge in [0.25, 0.3) is 0 Å². The molecule has 0 saturated heterocycles. The number of benzene rings is 2. The van der Waals surface area contributed by atoms with Gasteiger partial charge in [-0.25, -0.2) is 0 Å². The minimum Gasteiger partial charge on any atom is -0.503 e. The Morgan fingerprint density at radius 2 is 2.05 bits per heavy atom. The van der Waals surface area contributed by atoms with E-state index in [1.54, 1.807) is 7.11 Å². The predicted octanol–water partition coefficient (Wildman–Crippen LogP) is 4.32. The molecule has 0 heterocycles. The highest BCUT2D eigenvalue weighted by atomic mass is 79.9. The molecule has 3 nitrogen and oxygen atoms in total. The summed E-state index contributed by atoms with van der Waals surface area (Å²) in [6.45, 7) is 4.93. The quantitative estimate of drug-likeness (QED) is 0.844. The van der Waals surface area contributed by atoms with Crippen molar-refractivity contribution in [1.82, 2.24) is 5.32 Å².